The standard InChI is InChI=1S/C18H24N2O/c1-11-8-13-5-7-20-17(15(13)9-12(11)2)10-16-14(18(20)21)4-3-6-19-16/h8-9,14,16-17,19H,3-7,10H2,1-2H3/t14-,16-,17-/m0/s1. The van der Waals surface area contributed by atoms with Gasteiger partial charge >= 0.3 is 0 Å². The van der Waals surface area contributed by atoms with Gasteiger partial charge < -0.3 is 10.2 Å². The molecule has 0 saturated carbocycles. The molecular weight excluding hydrogens is 260 g/mol. The largest absolute Gasteiger partial charge is 0.335 e. The number of hydrogen-bond donors (Lipinski definition) is 1. The molecule has 112 valence electrons. The molecule has 1 N–H and O–H groups in total. The molecule has 2 saturated heterocycles. The van der Waals surface area contributed by atoms with Crippen molar-refractivity contribution < 1.29 is 4.79 Å². The Morgan fingerprint density at radius 2 is 2.05 bits per heavy atom. The van der Waals surface area contributed by atoms with E-state index in [1.54, 1.807) is 0 Å². The number of nitrogens with zero attached hydrogens (tertiary/aromatic N) is 1. The molecule has 3 nitrogen and oxygen atoms in total. The van der Waals surface area contributed by atoms with Gasteiger partial charge in [0.15, 0.2) is 0 Å². The average Bonchev–Trinajstić information content (AvgIpc) is 2.49. The van der Waals surface area contributed by atoms with Gasteiger partial charge in [0.25, 0.3) is 0 Å². The zero-order chi connectivity index (χ0) is 14.6. The van der Waals surface area contributed by atoms with Gasteiger partial charge in [-0.1, -0.05) is 12.1 Å². The second-order valence-corrected chi connectivity index (χ2v) is 6.98. The highest BCUT2D eigenvalue weighted by Crippen LogP contribution is 2.41. The molecule has 21 heavy (non-hydrogen) atoms. The van der Waals surface area contributed by atoms with E-state index >= 15 is 0 Å². The molecule has 0 aromatic heterocycles. The Hall–Kier alpha value is -1.35. The Kier molecular flexibility index (Phi) is 3.07. The first-order chi connectivity index (χ1) is 10.1. The van der Waals surface area contributed by atoms with Gasteiger partial charge in [-0.2, -0.15) is 0 Å². The normalized spacial score (nSPS) is 31.4. The zero-order valence-corrected chi connectivity index (χ0v) is 13.0. The van der Waals surface area contributed by atoms with E-state index in [0.29, 0.717) is 18.0 Å². The molecule has 3 aliphatic heterocycles. The number of fused-ring (bicyclic) bond motifs is 4. The second kappa shape index (κ2) is 4.84. The van der Waals surface area contributed by atoms with Gasteiger partial charge in [0, 0.05) is 12.6 Å². The van der Waals surface area contributed by atoms with Crippen molar-refractivity contribution in [2.24, 2.45) is 5.92 Å². The van der Waals surface area contributed by atoms with Gasteiger partial charge in [-0.25, -0.2) is 0 Å². The summed E-state index contributed by atoms with van der Waals surface area (Å²) >= 11 is 0. The quantitative estimate of drug-likeness (QED) is 0.794. The number of aryl methyl sites for hydroxylation is 2. The molecule has 3 heteroatoms. The molecule has 0 unspecified atom stereocenters. The van der Waals surface area contributed by atoms with E-state index in [-0.39, 0.29) is 5.92 Å². The number of rotatable bonds is 0. The number of benzene rings is 1. The Bertz CT molecular complexity index is 595. The van der Waals surface area contributed by atoms with Gasteiger partial charge in [-0.15, -0.1) is 0 Å². The molecule has 0 aliphatic carbocycles. The molecule has 1 aromatic carbocycles. The van der Waals surface area contributed by atoms with Crippen LogP contribution < -0.4 is 5.32 Å². The summed E-state index contributed by atoms with van der Waals surface area (Å²) in [5, 5.41) is 3.59. The summed E-state index contributed by atoms with van der Waals surface area (Å²) in [6.45, 7) is 6.34. The molecular formula is C18H24N2O. The van der Waals surface area contributed by atoms with E-state index in [1.807, 2.05) is 0 Å². The summed E-state index contributed by atoms with van der Waals surface area (Å²) < 4.78 is 0. The fraction of sp³-hybridized carbons (Fsp3) is 0.611. The fourth-order valence-electron chi connectivity index (χ4n) is 4.46. The van der Waals surface area contributed by atoms with Crippen molar-refractivity contribution in [1.29, 1.82) is 0 Å². The SMILES string of the molecule is Cc1cc2c(cc1C)[C@@H]1C[C@@H]3NCCC[C@@H]3C(=O)N1CC2. The molecule has 2 fully saturated rings. The molecule has 0 bridgehead atoms. The minimum atomic E-state index is 0.225. The van der Waals surface area contributed by atoms with E-state index < -0.39 is 0 Å². The van der Waals surface area contributed by atoms with E-state index in [1.165, 1.54) is 22.3 Å². The lowest BCUT2D eigenvalue weighted by atomic mass is 9.76. The molecule has 3 heterocycles. The lowest BCUT2D eigenvalue weighted by Crippen LogP contribution is -2.57. The summed E-state index contributed by atoms with van der Waals surface area (Å²) in [5.74, 6) is 0.621. The first kappa shape index (κ1) is 13.3. The second-order valence-electron chi connectivity index (χ2n) is 6.98. The maximum Gasteiger partial charge on any atom is 0.227 e. The van der Waals surface area contributed by atoms with E-state index in [0.717, 1.165) is 38.8 Å². The van der Waals surface area contributed by atoms with Crippen LogP contribution >= 0.6 is 0 Å². The minimum Gasteiger partial charge on any atom is -0.335 e. The third-order valence-corrected chi connectivity index (χ3v) is 5.77. The Morgan fingerprint density at radius 3 is 2.90 bits per heavy atom. The van der Waals surface area contributed by atoms with Crippen LogP contribution in [0.15, 0.2) is 12.1 Å². The Morgan fingerprint density at radius 1 is 1.24 bits per heavy atom. The molecule has 0 radical (unpaired) electrons. The molecule has 3 aliphatic rings. The van der Waals surface area contributed by atoms with Gasteiger partial charge in [-0.3, -0.25) is 4.79 Å². The predicted molar refractivity (Wildman–Crippen MR) is 83.2 cm³/mol. The highest BCUT2D eigenvalue weighted by atomic mass is 16.2. The first-order valence-corrected chi connectivity index (χ1v) is 8.29. The number of hydrogen-bond acceptors (Lipinski definition) is 2. The van der Waals surface area contributed by atoms with Crippen molar-refractivity contribution in [3.05, 3.63) is 34.4 Å². The van der Waals surface area contributed by atoms with Crippen molar-refractivity contribution >= 4 is 5.91 Å². The van der Waals surface area contributed by atoms with Crippen LogP contribution in [0.2, 0.25) is 0 Å². The van der Waals surface area contributed by atoms with E-state index in [2.05, 4.69) is 36.2 Å². The lowest BCUT2D eigenvalue weighted by Gasteiger charge is -2.48. The summed E-state index contributed by atoms with van der Waals surface area (Å²) in [6.07, 6.45) is 4.31. The zero-order valence-electron chi connectivity index (χ0n) is 13.0. The van der Waals surface area contributed by atoms with Crippen LogP contribution in [-0.2, 0) is 11.2 Å². The van der Waals surface area contributed by atoms with Crippen LogP contribution in [-0.4, -0.2) is 29.9 Å². The van der Waals surface area contributed by atoms with Gasteiger partial charge in [0.2, 0.25) is 5.91 Å². The monoisotopic (exact) mass is 284 g/mol. The van der Waals surface area contributed by atoms with Crippen LogP contribution in [0.25, 0.3) is 0 Å². The molecule has 1 aromatic rings. The summed E-state index contributed by atoms with van der Waals surface area (Å²) in [6, 6.07) is 5.36. The summed E-state index contributed by atoms with van der Waals surface area (Å²) in [4.78, 5) is 15.0. The van der Waals surface area contributed by atoms with Gasteiger partial charge in [0.1, 0.15) is 0 Å². The number of nitrogens with one attached hydrogen (secondary N) is 1. The highest BCUT2D eigenvalue weighted by molar-refractivity contribution is 5.81. The number of piperidine rings is 2. The smallest absolute Gasteiger partial charge is 0.227 e. The van der Waals surface area contributed by atoms with Crippen LogP contribution in [0.4, 0.5) is 0 Å². The van der Waals surface area contributed by atoms with Crippen molar-refractivity contribution in [1.82, 2.24) is 10.2 Å². The third kappa shape index (κ3) is 2.02. The third-order valence-electron chi connectivity index (χ3n) is 5.77. The van der Waals surface area contributed by atoms with E-state index in [4.69, 9.17) is 0 Å². The molecule has 3 atom stereocenters. The summed E-state index contributed by atoms with van der Waals surface area (Å²) in [5.41, 5.74) is 5.59. The summed E-state index contributed by atoms with van der Waals surface area (Å²) in [7, 11) is 0. The Labute approximate surface area is 126 Å². The van der Waals surface area contributed by atoms with Crippen LogP contribution in [0.5, 0.6) is 0 Å². The molecule has 4 rings (SSSR count). The van der Waals surface area contributed by atoms with Crippen LogP contribution in [0, 0.1) is 19.8 Å². The van der Waals surface area contributed by atoms with E-state index in [9.17, 15) is 4.79 Å². The topological polar surface area (TPSA) is 32.3 Å². The molecule has 1 amide bonds. The van der Waals surface area contributed by atoms with Crippen LogP contribution in [0.1, 0.15) is 47.6 Å². The Balaban J connectivity index is 1.73. The maximum absolute atomic E-state index is 12.8. The molecule has 0 spiro atoms. The van der Waals surface area contributed by atoms with Crippen molar-refractivity contribution in [3.8, 4) is 0 Å². The average molecular weight is 284 g/mol. The maximum atomic E-state index is 12.8. The lowest BCUT2D eigenvalue weighted by molar-refractivity contribution is -0.145. The van der Waals surface area contributed by atoms with Crippen molar-refractivity contribution in [2.45, 2.75) is 51.6 Å². The van der Waals surface area contributed by atoms with Crippen LogP contribution in [0.3, 0.4) is 0 Å². The highest BCUT2D eigenvalue weighted by Gasteiger charge is 2.44. The predicted octanol–water partition coefficient (Wildman–Crippen LogP) is 2.50. The fourth-order valence-corrected chi connectivity index (χ4v) is 4.46. The minimum absolute atomic E-state index is 0.225. The van der Waals surface area contributed by atoms with Gasteiger partial charge in [0.05, 0.1) is 12.0 Å². The van der Waals surface area contributed by atoms with Gasteiger partial charge in [-0.05, 0) is 68.3 Å². The number of carbonyl (C=O) groups excluding carboxylic acids is 1. The number of carbonyl (C=O) groups is 1. The first-order valence-electron chi connectivity index (χ1n) is 8.29. The van der Waals surface area contributed by atoms with Crippen molar-refractivity contribution in [2.75, 3.05) is 13.1 Å². The van der Waals surface area contributed by atoms with Crippen molar-refractivity contribution in [3.63, 3.8) is 0 Å². The number of amides is 1.